The summed E-state index contributed by atoms with van der Waals surface area (Å²) < 4.78 is 37.7. The maximum absolute atomic E-state index is 12.6. The summed E-state index contributed by atoms with van der Waals surface area (Å²) in [5.74, 6) is -2.73. The van der Waals surface area contributed by atoms with E-state index in [-0.39, 0.29) is 24.1 Å². The third kappa shape index (κ3) is 6.56. The molecule has 0 radical (unpaired) electrons. The van der Waals surface area contributed by atoms with Crippen LogP contribution in [-0.2, 0) is 20.9 Å². The fourth-order valence-corrected chi connectivity index (χ4v) is 4.16. The zero-order valence-corrected chi connectivity index (χ0v) is 18.1. The lowest BCUT2D eigenvalue weighted by molar-refractivity contribution is -0.192. The monoisotopic (exact) mass is 472 g/mol. The molecule has 3 amide bonds. The minimum absolute atomic E-state index is 0.0232. The van der Waals surface area contributed by atoms with E-state index in [0.29, 0.717) is 26.2 Å². The number of likely N-dealkylation sites (tertiary alicyclic amines) is 2. The van der Waals surface area contributed by atoms with Gasteiger partial charge in [-0.2, -0.15) is 13.2 Å². The van der Waals surface area contributed by atoms with E-state index < -0.39 is 12.1 Å². The SMILES string of the molecule is O=C(O)C(F)(F)F.O=C1COC2(CCN(C(=O)N3CCCC3)CC2)CN1Cc1cccnc1. The molecule has 9 nitrogen and oxygen atoms in total. The second kappa shape index (κ2) is 10.4. The van der Waals surface area contributed by atoms with Crippen LogP contribution < -0.4 is 0 Å². The molecule has 3 fully saturated rings. The normalized spacial score (nSPS) is 20.5. The van der Waals surface area contributed by atoms with Crippen LogP contribution in [0.15, 0.2) is 24.5 Å². The molecule has 0 atom stereocenters. The van der Waals surface area contributed by atoms with Gasteiger partial charge in [-0.15, -0.1) is 0 Å². The number of rotatable bonds is 2. The van der Waals surface area contributed by atoms with Crippen LogP contribution in [-0.4, -0.2) is 93.8 Å². The smallest absolute Gasteiger partial charge is 0.475 e. The molecule has 4 rings (SSSR count). The summed E-state index contributed by atoms with van der Waals surface area (Å²) in [6, 6.07) is 4.04. The van der Waals surface area contributed by atoms with Gasteiger partial charge >= 0.3 is 18.2 Å². The lowest BCUT2D eigenvalue weighted by Gasteiger charge is -2.47. The molecule has 33 heavy (non-hydrogen) atoms. The van der Waals surface area contributed by atoms with Gasteiger partial charge in [-0.1, -0.05) is 6.07 Å². The van der Waals surface area contributed by atoms with Crippen LogP contribution in [0.4, 0.5) is 18.0 Å². The molecule has 1 spiro atoms. The van der Waals surface area contributed by atoms with Gasteiger partial charge in [0, 0.05) is 45.1 Å². The first kappa shape index (κ1) is 24.7. The Morgan fingerprint density at radius 3 is 2.27 bits per heavy atom. The predicted octanol–water partition coefficient (Wildman–Crippen LogP) is 2.12. The van der Waals surface area contributed by atoms with Crippen molar-refractivity contribution < 1.29 is 37.4 Å². The first-order valence-corrected chi connectivity index (χ1v) is 10.7. The standard InChI is InChI=1S/C19H26N4O3.C2HF3O2/c24-17-14-26-19(15-23(17)13-16-4-3-7-20-12-16)5-10-22(11-6-19)18(25)21-8-1-2-9-21;3-2(4,5)1(6)7/h3-4,7,12H,1-2,5-6,8-11,13-15H2;(H,6,7). The fraction of sp³-hybridized carbons (Fsp3) is 0.619. The lowest BCUT2D eigenvalue weighted by Crippen LogP contribution is -2.59. The number of urea groups is 1. The van der Waals surface area contributed by atoms with Crippen molar-refractivity contribution in [2.45, 2.75) is 44.0 Å². The van der Waals surface area contributed by atoms with Crippen LogP contribution in [0.5, 0.6) is 0 Å². The first-order chi connectivity index (χ1) is 15.6. The highest BCUT2D eigenvalue weighted by Crippen LogP contribution is 2.31. The molecule has 3 saturated heterocycles. The minimum atomic E-state index is -5.08. The molecule has 4 heterocycles. The number of alkyl halides is 3. The third-order valence-corrected chi connectivity index (χ3v) is 5.99. The van der Waals surface area contributed by atoms with Crippen molar-refractivity contribution in [1.82, 2.24) is 19.7 Å². The Bertz CT molecular complexity index is 838. The molecule has 0 unspecified atom stereocenters. The number of carboxylic acids is 1. The second-order valence-corrected chi connectivity index (χ2v) is 8.35. The van der Waals surface area contributed by atoms with Crippen LogP contribution in [0.3, 0.4) is 0 Å². The molecule has 0 bridgehead atoms. The van der Waals surface area contributed by atoms with Crippen LogP contribution in [0.25, 0.3) is 0 Å². The van der Waals surface area contributed by atoms with Crippen molar-refractivity contribution >= 4 is 17.9 Å². The van der Waals surface area contributed by atoms with Gasteiger partial charge in [0.1, 0.15) is 6.61 Å². The zero-order valence-electron chi connectivity index (χ0n) is 18.1. The van der Waals surface area contributed by atoms with Crippen LogP contribution in [0.2, 0.25) is 0 Å². The number of hydrogen-bond acceptors (Lipinski definition) is 5. The number of amides is 3. The molecule has 182 valence electrons. The molecule has 0 aromatic carbocycles. The number of aliphatic carboxylic acids is 1. The van der Waals surface area contributed by atoms with E-state index in [1.807, 2.05) is 26.8 Å². The Morgan fingerprint density at radius 2 is 1.73 bits per heavy atom. The Balaban J connectivity index is 0.000000383. The predicted molar refractivity (Wildman–Crippen MR) is 109 cm³/mol. The molecule has 12 heteroatoms. The topological polar surface area (TPSA) is 103 Å². The van der Waals surface area contributed by atoms with Gasteiger partial charge in [-0.05, 0) is 37.3 Å². The number of halogens is 3. The summed E-state index contributed by atoms with van der Waals surface area (Å²) in [4.78, 5) is 43.6. The fourth-order valence-electron chi connectivity index (χ4n) is 4.16. The minimum Gasteiger partial charge on any atom is -0.475 e. The Labute approximate surface area is 189 Å². The molecule has 1 aromatic heterocycles. The summed E-state index contributed by atoms with van der Waals surface area (Å²) in [5.41, 5.74) is 0.706. The second-order valence-electron chi connectivity index (χ2n) is 8.35. The van der Waals surface area contributed by atoms with Crippen LogP contribution in [0, 0.1) is 0 Å². The van der Waals surface area contributed by atoms with Crippen LogP contribution >= 0.6 is 0 Å². The van der Waals surface area contributed by atoms with E-state index in [4.69, 9.17) is 14.6 Å². The number of carboxylic acid groups (broad SMARTS) is 1. The van der Waals surface area contributed by atoms with Crippen molar-refractivity contribution in [2.24, 2.45) is 0 Å². The molecule has 0 saturated carbocycles. The average Bonchev–Trinajstić information content (AvgIpc) is 3.32. The molecule has 1 aromatic rings. The van der Waals surface area contributed by atoms with Crippen molar-refractivity contribution in [3.8, 4) is 0 Å². The number of aromatic nitrogens is 1. The number of hydrogen-bond donors (Lipinski definition) is 1. The number of nitrogens with zero attached hydrogens (tertiary/aromatic N) is 4. The van der Waals surface area contributed by atoms with Gasteiger partial charge in [0.05, 0.1) is 12.1 Å². The molecule has 0 aliphatic carbocycles. The van der Waals surface area contributed by atoms with Gasteiger partial charge in [0.25, 0.3) is 0 Å². The van der Waals surface area contributed by atoms with Gasteiger partial charge < -0.3 is 24.5 Å². The Hall–Kier alpha value is -2.89. The highest BCUT2D eigenvalue weighted by Gasteiger charge is 2.43. The van der Waals surface area contributed by atoms with Gasteiger partial charge in [0.15, 0.2) is 0 Å². The maximum Gasteiger partial charge on any atom is 0.490 e. The number of carbonyl (C=O) groups is 3. The largest absolute Gasteiger partial charge is 0.490 e. The van der Waals surface area contributed by atoms with Crippen molar-refractivity contribution in [3.63, 3.8) is 0 Å². The highest BCUT2D eigenvalue weighted by atomic mass is 19.4. The lowest BCUT2D eigenvalue weighted by atomic mass is 9.89. The average molecular weight is 472 g/mol. The van der Waals surface area contributed by atoms with Crippen molar-refractivity contribution in [3.05, 3.63) is 30.1 Å². The van der Waals surface area contributed by atoms with E-state index >= 15 is 0 Å². The molecular formula is C21H27F3N4O5. The zero-order chi connectivity index (χ0) is 24.1. The van der Waals surface area contributed by atoms with Gasteiger partial charge in [-0.25, -0.2) is 9.59 Å². The van der Waals surface area contributed by atoms with Crippen molar-refractivity contribution in [2.75, 3.05) is 39.3 Å². The maximum atomic E-state index is 12.6. The number of morpholine rings is 1. The molecule has 1 N–H and O–H groups in total. The molecular weight excluding hydrogens is 445 g/mol. The van der Waals surface area contributed by atoms with Crippen molar-refractivity contribution in [1.29, 1.82) is 0 Å². The van der Waals surface area contributed by atoms with Crippen LogP contribution in [0.1, 0.15) is 31.2 Å². The van der Waals surface area contributed by atoms with Gasteiger partial charge in [0.2, 0.25) is 5.91 Å². The number of piperidine rings is 1. The van der Waals surface area contributed by atoms with E-state index in [1.54, 1.807) is 12.4 Å². The van der Waals surface area contributed by atoms with E-state index in [2.05, 4.69) is 4.98 Å². The summed E-state index contributed by atoms with van der Waals surface area (Å²) in [7, 11) is 0. The summed E-state index contributed by atoms with van der Waals surface area (Å²) >= 11 is 0. The summed E-state index contributed by atoms with van der Waals surface area (Å²) in [5, 5.41) is 7.12. The van der Waals surface area contributed by atoms with E-state index in [0.717, 1.165) is 44.3 Å². The summed E-state index contributed by atoms with van der Waals surface area (Å²) in [6.07, 6.45) is 2.23. The Kier molecular flexibility index (Phi) is 7.77. The molecule has 3 aliphatic heterocycles. The molecule has 3 aliphatic rings. The van der Waals surface area contributed by atoms with E-state index in [1.165, 1.54) is 0 Å². The van der Waals surface area contributed by atoms with Gasteiger partial charge in [-0.3, -0.25) is 9.78 Å². The number of carbonyl (C=O) groups excluding carboxylic acids is 2. The quantitative estimate of drug-likeness (QED) is 0.708. The van der Waals surface area contributed by atoms with E-state index in [9.17, 15) is 22.8 Å². The first-order valence-electron chi connectivity index (χ1n) is 10.7. The summed E-state index contributed by atoms with van der Waals surface area (Å²) in [6.45, 7) is 4.43. The third-order valence-electron chi connectivity index (χ3n) is 5.99. The highest BCUT2D eigenvalue weighted by molar-refractivity contribution is 5.78. The Morgan fingerprint density at radius 1 is 1.12 bits per heavy atom. The number of pyridine rings is 1. The number of ether oxygens (including phenoxy) is 1.